The molecule has 0 fully saturated rings. The Labute approximate surface area is 187 Å². The molecule has 2 aromatic carbocycles. The Hall–Kier alpha value is -3.30. The van der Waals surface area contributed by atoms with E-state index in [-0.39, 0.29) is 11.8 Å². The second-order valence-corrected chi connectivity index (χ2v) is 9.33. The third-order valence-electron chi connectivity index (χ3n) is 5.90. The topological polar surface area (TPSA) is 31.6 Å². The van der Waals surface area contributed by atoms with Crippen molar-refractivity contribution in [3.8, 4) is 0 Å². The average molecular weight is 423 g/mol. The maximum Gasteiger partial charge on any atom is 0.0584 e. The predicted octanol–water partition coefficient (Wildman–Crippen LogP) is 7.38. The summed E-state index contributed by atoms with van der Waals surface area (Å²) >= 11 is 1.90. The van der Waals surface area contributed by atoms with Crippen molar-refractivity contribution < 1.29 is 0 Å². The smallest absolute Gasteiger partial charge is 0.0584 e. The molecule has 5 rings (SSSR count). The Morgan fingerprint density at radius 1 is 0.548 bits per heavy atom. The summed E-state index contributed by atoms with van der Waals surface area (Å²) in [7, 11) is 0. The molecule has 0 radical (unpaired) electrons. The summed E-state index contributed by atoms with van der Waals surface area (Å²) < 4.78 is 0. The summed E-state index contributed by atoms with van der Waals surface area (Å²) in [5, 5.41) is 0. The highest BCUT2D eigenvalue weighted by atomic mass is 32.1. The van der Waals surface area contributed by atoms with Gasteiger partial charge in [0.25, 0.3) is 0 Å². The van der Waals surface area contributed by atoms with E-state index in [0.717, 1.165) is 0 Å². The molecule has 2 nitrogen and oxygen atoms in total. The van der Waals surface area contributed by atoms with Crippen molar-refractivity contribution >= 4 is 11.3 Å². The van der Waals surface area contributed by atoms with E-state index in [2.05, 4.69) is 109 Å². The number of benzene rings is 2. The van der Waals surface area contributed by atoms with Crippen LogP contribution >= 0.6 is 11.3 Å². The van der Waals surface area contributed by atoms with Gasteiger partial charge in [0, 0.05) is 33.5 Å². The van der Waals surface area contributed by atoms with Crippen LogP contribution in [0.1, 0.15) is 55.2 Å². The quantitative estimate of drug-likeness (QED) is 0.286. The third kappa shape index (κ3) is 4.01. The number of rotatable bonds is 6. The van der Waals surface area contributed by atoms with Crippen LogP contribution in [0.2, 0.25) is 0 Å². The molecule has 2 atom stereocenters. The molecule has 2 N–H and O–H groups in total. The fraction of sp³-hybridized carbons (Fsp3) is 0.143. The Balaban J connectivity index is 1.59. The van der Waals surface area contributed by atoms with Crippen LogP contribution in [0.3, 0.4) is 0 Å². The Kier molecular flexibility index (Phi) is 5.35. The number of aromatic amines is 2. The molecule has 0 aliphatic rings. The van der Waals surface area contributed by atoms with Gasteiger partial charge in [0.15, 0.2) is 0 Å². The first-order valence-corrected chi connectivity index (χ1v) is 11.5. The first-order valence-electron chi connectivity index (χ1n) is 10.7. The number of hydrogen-bond acceptors (Lipinski definition) is 1. The largest absolute Gasteiger partial charge is 0.364 e. The van der Waals surface area contributed by atoms with Gasteiger partial charge in [-0.25, -0.2) is 0 Å². The van der Waals surface area contributed by atoms with Gasteiger partial charge in [-0.3, -0.25) is 0 Å². The molecular weight excluding hydrogens is 396 g/mol. The molecule has 0 aliphatic heterocycles. The molecule has 0 saturated heterocycles. The predicted molar refractivity (Wildman–Crippen MR) is 130 cm³/mol. The molecule has 5 aromatic rings. The zero-order valence-corrected chi connectivity index (χ0v) is 18.6. The van der Waals surface area contributed by atoms with Gasteiger partial charge < -0.3 is 9.97 Å². The number of aryl methyl sites for hydroxylation is 2. The second-order valence-electron chi connectivity index (χ2n) is 8.18. The summed E-state index contributed by atoms with van der Waals surface area (Å²) in [6.07, 6.45) is 4.03. The van der Waals surface area contributed by atoms with Crippen LogP contribution in [0.15, 0.2) is 97.3 Å². The molecular formula is C28H26N2S. The Bertz CT molecular complexity index is 1130. The number of thiophene rings is 1. The van der Waals surface area contributed by atoms with Crippen LogP contribution in [0.25, 0.3) is 0 Å². The number of nitrogens with one attached hydrogen (secondary N) is 2. The third-order valence-corrected chi connectivity index (χ3v) is 7.12. The van der Waals surface area contributed by atoms with Gasteiger partial charge in [0.2, 0.25) is 0 Å². The lowest BCUT2D eigenvalue weighted by atomic mass is 9.92. The summed E-state index contributed by atoms with van der Waals surface area (Å²) in [6, 6.07) is 31.0. The molecule has 3 aromatic heterocycles. The number of H-pyrrole nitrogens is 2. The van der Waals surface area contributed by atoms with Crippen molar-refractivity contribution in [2.75, 3.05) is 0 Å². The van der Waals surface area contributed by atoms with E-state index in [1.54, 1.807) is 0 Å². The van der Waals surface area contributed by atoms with Crippen LogP contribution in [0.4, 0.5) is 0 Å². The van der Waals surface area contributed by atoms with Gasteiger partial charge in [-0.1, -0.05) is 59.7 Å². The zero-order chi connectivity index (χ0) is 21.2. The lowest BCUT2D eigenvalue weighted by Gasteiger charge is -2.17. The maximum absolute atomic E-state index is 3.45. The van der Waals surface area contributed by atoms with E-state index in [1.165, 1.54) is 43.4 Å². The van der Waals surface area contributed by atoms with Crippen LogP contribution < -0.4 is 0 Å². The molecule has 0 aliphatic carbocycles. The molecule has 0 saturated carbocycles. The molecule has 0 bridgehead atoms. The Morgan fingerprint density at radius 3 is 1.32 bits per heavy atom. The van der Waals surface area contributed by atoms with E-state index in [0.29, 0.717) is 0 Å². The first-order chi connectivity index (χ1) is 15.2. The van der Waals surface area contributed by atoms with E-state index in [1.807, 2.05) is 23.7 Å². The van der Waals surface area contributed by atoms with E-state index in [9.17, 15) is 0 Å². The Morgan fingerprint density at radius 2 is 0.968 bits per heavy atom. The van der Waals surface area contributed by atoms with Crippen LogP contribution in [-0.2, 0) is 0 Å². The van der Waals surface area contributed by atoms with Crippen molar-refractivity contribution in [1.82, 2.24) is 9.97 Å². The van der Waals surface area contributed by atoms with Crippen molar-refractivity contribution in [2.24, 2.45) is 0 Å². The van der Waals surface area contributed by atoms with Crippen LogP contribution in [0, 0.1) is 13.8 Å². The minimum absolute atomic E-state index is 0.205. The zero-order valence-electron chi connectivity index (χ0n) is 17.8. The minimum atomic E-state index is 0.205. The highest BCUT2D eigenvalue weighted by Crippen LogP contribution is 2.41. The van der Waals surface area contributed by atoms with Crippen molar-refractivity contribution in [3.63, 3.8) is 0 Å². The normalized spacial score (nSPS) is 13.2. The SMILES string of the molecule is Cc1ccc(C(c2ccc[nH]2)c2ccc(C(c3ccc(C)cc3)c3ccc[nH]3)s2)cc1. The van der Waals surface area contributed by atoms with E-state index < -0.39 is 0 Å². The van der Waals surface area contributed by atoms with Crippen LogP contribution in [-0.4, -0.2) is 9.97 Å². The molecule has 3 heterocycles. The standard InChI is InChI=1S/C28H26N2S/c1-19-7-11-21(12-8-19)27(23-5-3-17-29-23)25-15-16-26(31-25)28(24-6-4-18-30-24)22-13-9-20(2)10-14-22/h3-18,27-30H,1-2H3. The molecule has 31 heavy (non-hydrogen) atoms. The number of hydrogen-bond donors (Lipinski definition) is 2. The fourth-order valence-electron chi connectivity index (χ4n) is 4.24. The van der Waals surface area contributed by atoms with Gasteiger partial charge in [-0.2, -0.15) is 0 Å². The first kappa shape index (κ1) is 19.7. The lowest BCUT2D eigenvalue weighted by Crippen LogP contribution is -2.03. The van der Waals surface area contributed by atoms with Gasteiger partial charge >= 0.3 is 0 Å². The van der Waals surface area contributed by atoms with Crippen molar-refractivity contribution in [1.29, 1.82) is 0 Å². The van der Waals surface area contributed by atoms with Crippen LogP contribution in [0.5, 0.6) is 0 Å². The van der Waals surface area contributed by atoms with E-state index >= 15 is 0 Å². The molecule has 154 valence electrons. The lowest BCUT2D eigenvalue weighted by molar-refractivity contribution is 0.954. The minimum Gasteiger partial charge on any atom is -0.364 e. The summed E-state index contributed by atoms with van der Waals surface area (Å²) in [6.45, 7) is 4.28. The molecule has 3 heteroatoms. The summed E-state index contributed by atoms with van der Waals surface area (Å²) in [4.78, 5) is 9.61. The summed E-state index contributed by atoms with van der Waals surface area (Å²) in [5.74, 6) is 0.410. The highest BCUT2D eigenvalue weighted by molar-refractivity contribution is 7.12. The number of aromatic nitrogens is 2. The monoisotopic (exact) mass is 422 g/mol. The van der Waals surface area contributed by atoms with E-state index in [4.69, 9.17) is 0 Å². The van der Waals surface area contributed by atoms with Gasteiger partial charge in [0.05, 0.1) is 11.8 Å². The molecule has 2 unspecified atom stereocenters. The average Bonchev–Trinajstić information content (AvgIpc) is 3.55. The van der Waals surface area contributed by atoms with Gasteiger partial charge in [-0.05, 0) is 61.4 Å². The van der Waals surface area contributed by atoms with Crippen molar-refractivity contribution in [2.45, 2.75) is 25.7 Å². The van der Waals surface area contributed by atoms with Crippen molar-refractivity contribution in [3.05, 3.63) is 141 Å². The fourth-order valence-corrected chi connectivity index (χ4v) is 5.54. The summed E-state index contributed by atoms with van der Waals surface area (Å²) in [5.41, 5.74) is 7.65. The van der Waals surface area contributed by atoms with Gasteiger partial charge in [-0.15, -0.1) is 11.3 Å². The molecule has 0 spiro atoms. The highest BCUT2D eigenvalue weighted by Gasteiger charge is 2.24. The second kappa shape index (κ2) is 8.44. The maximum atomic E-state index is 3.45. The van der Waals surface area contributed by atoms with Gasteiger partial charge in [0.1, 0.15) is 0 Å². The molecule has 0 amide bonds.